The zero-order chi connectivity index (χ0) is 23.9. The molecule has 0 heterocycles. The number of ether oxygens (including phenoxy) is 1. The van der Waals surface area contributed by atoms with Crippen molar-refractivity contribution in [2.75, 3.05) is 18.4 Å². The Morgan fingerprint density at radius 2 is 1.75 bits per heavy atom. The van der Waals surface area contributed by atoms with Gasteiger partial charge in [0.25, 0.3) is 5.91 Å². The summed E-state index contributed by atoms with van der Waals surface area (Å²) in [5.74, 6) is -1.80. The average Bonchev–Trinajstić information content (AvgIpc) is 2.75. The summed E-state index contributed by atoms with van der Waals surface area (Å²) in [6, 6.07) is 10.3. The van der Waals surface area contributed by atoms with Crippen molar-refractivity contribution >= 4 is 33.7 Å². The van der Waals surface area contributed by atoms with E-state index in [9.17, 15) is 22.4 Å². The molecule has 9 heteroatoms. The number of aryl methyl sites for hydroxylation is 1. The van der Waals surface area contributed by atoms with Gasteiger partial charge in [0.05, 0.1) is 4.90 Å². The fourth-order valence-electron chi connectivity index (χ4n) is 2.81. The van der Waals surface area contributed by atoms with E-state index in [4.69, 9.17) is 4.74 Å². The van der Waals surface area contributed by atoms with E-state index in [1.54, 1.807) is 39.0 Å². The molecular formula is C23H27FN2O5S. The normalized spacial score (nSPS) is 12.7. The quantitative estimate of drug-likeness (QED) is 0.453. The van der Waals surface area contributed by atoms with Gasteiger partial charge in [-0.25, -0.2) is 17.6 Å². The summed E-state index contributed by atoms with van der Waals surface area (Å²) >= 11 is 0. The molecule has 0 saturated carbocycles. The van der Waals surface area contributed by atoms with Crippen LogP contribution in [0.15, 0.2) is 53.4 Å². The maximum atomic E-state index is 13.6. The van der Waals surface area contributed by atoms with Crippen LogP contribution in [-0.2, 0) is 24.3 Å². The molecule has 1 amide bonds. The van der Waals surface area contributed by atoms with E-state index in [0.717, 1.165) is 6.08 Å². The monoisotopic (exact) mass is 462 g/mol. The Balaban J connectivity index is 1.96. The molecule has 1 unspecified atom stereocenters. The van der Waals surface area contributed by atoms with E-state index >= 15 is 0 Å². The van der Waals surface area contributed by atoms with Crippen molar-refractivity contribution in [2.24, 2.45) is 0 Å². The van der Waals surface area contributed by atoms with Crippen LogP contribution in [0.3, 0.4) is 0 Å². The van der Waals surface area contributed by atoms with Crippen LogP contribution in [0.2, 0.25) is 0 Å². The van der Waals surface area contributed by atoms with Crippen LogP contribution >= 0.6 is 0 Å². The van der Waals surface area contributed by atoms with Gasteiger partial charge in [-0.3, -0.25) is 4.79 Å². The Bertz CT molecular complexity index is 1090. The van der Waals surface area contributed by atoms with Gasteiger partial charge in [-0.15, -0.1) is 0 Å². The highest BCUT2D eigenvalue weighted by molar-refractivity contribution is 7.89. The SMILES string of the molecule is CCN(CC)S(=O)(=O)c1ccc(/C=C/C(=O)OC(C)C(=O)Nc2ccc(C)c(F)c2)cc1. The third-order valence-electron chi connectivity index (χ3n) is 4.74. The highest BCUT2D eigenvalue weighted by atomic mass is 32.2. The molecule has 32 heavy (non-hydrogen) atoms. The first-order valence-corrected chi connectivity index (χ1v) is 11.6. The maximum absolute atomic E-state index is 13.6. The molecule has 1 N–H and O–H groups in total. The number of amides is 1. The molecule has 2 aromatic carbocycles. The summed E-state index contributed by atoms with van der Waals surface area (Å²) in [6.45, 7) is 7.29. The summed E-state index contributed by atoms with van der Waals surface area (Å²) in [7, 11) is -3.56. The van der Waals surface area contributed by atoms with Crippen LogP contribution in [0.1, 0.15) is 31.9 Å². The van der Waals surface area contributed by atoms with Gasteiger partial charge in [-0.2, -0.15) is 4.31 Å². The summed E-state index contributed by atoms with van der Waals surface area (Å²) in [5, 5.41) is 2.49. The lowest BCUT2D eigenvalue weighted by Crippen LogP contribution is -2.30. The number of benzene rings is 2. The predicted molar refractivity (Wildman–Crippen MR) is 121 cm³/mol. The van der Waals surface area contributed by atoms with E-state index in [-0.39, 0.29) is 10.6 Å². The number of halogens is 1. The largest absolute Gasteiger partial charge is 0.449 e. The minimum atomic E-state index is -3.56. The lowest BCUT2D eigenvalue weighted by Gasteiger charge is -2.18. The van der Waals surface area contributed by atoms with Gasteiger partial charge in [-0.05, 0) is 55.3 Å². The average molecular weight is 463 g/mol. The molecule has 1 atom stereocenters. The molecule has 7 nitrogen and oxygen atoms in total. The second-order valence-corrected chi connectivity index (χ2v) is 8.96. The fourth-order valence-corrected chi connectivity index (χ4v) is 4.27. The topological polar surface area (TPSA) is 92.8 Å². The van der Waals surface area contributed by atoms with Crippen LogP contribution in [0.25, 0.3) is 6.08 Å². The van der Waals surface area contributed by atoms with Gasteiger partial charge in [0.2, 0.25) is 10.0 Å². The second kappa shape index (κ2) is 11.0. The molecule has 0 spiro atoms. The van der Waals surface area contributed by atoms with Crippen LogP contribution in [0, 0.1) is 12.7 Å². The number of rotatable bonds is 9. The molecule has 0 aliphatic carbocycles. The number of hydrogen-bond donors (Lipinski definition) is 1. The zero-order valence-corrected chi connectivity index (χ0v) is 19.3. The van der Waals surface area contributed by atoms with Crippen LogP contribution in [0.4, 0.5) is 10.1 Å². The van der Waals surface area contributed by atoms with Gasteiger partial charge in [-0.1, -0.05) is 32.0 Å². The third kappa shape index (κ3) is 6.48. The lowest BCUT2D eigenvalue weighted by atomic mass is 10.2. The number of esters is 1. The first-order valence-electron chi connectivity index (χ1n) is 10.1. The molecule has 0 fully saturated rings. The zero-order valence-electron chi connectivity index (χ0n) is 18.5. The molecule has 0 radical (unpaired) electrons. The lowest BCUT2D eigenvalue weighted by molar-refractivity contribution is -0.148. The molecule has 0 aromatic heterocycles. The van der Waals surface area contributed by atoms with Gasteiger partial charge >= 0.3 is 5.97 Å². The minimum absolute atomic E-state index is 0.166. The van der Waals surface area contributed by atoms with E-state index in [1.165, 1.54) is 41.6 Å². The van der Waals surface area contributed by atoms with Crippen LogP contribution in [-0.4, -0.2) is 43.8 Å². The number of nitrogens with zero attached hydrogens (tertiary/aromatic N) is 1. The molecular weight excluding hydrogens is 435 g/mol. The smallest absolute Gasteiger partial charge is 0.331 e. The predicted octanol–water partition coefficient (Wildman–Crippen LogP) is 3.75. The highest BCUT2D eigenvalue weighted by Gasteiger charge is 2.21. The van der Waals surface area contributed by atoms with Crippen molar-refractivity contribution in [3.05, 3.63) is 65.5 Å². The van der Waals surface area contributed by atoms with Crippen molar-refractivity contribution in [1.29, 1.82) is 0 Å². The van der Waals surface area contributed by atoms with Crippen molar-refractivity contribution in [1.82, 2.24) is 4.31 Å². The molecule has 0 aliphatic rings. The number of carbonyl (C=O) groups excluding carboxylic acids is 2. The highest BCUT2D eigenvalue weighted by Crippen LogP contribution is 2.17. The fraction of sp³-hybridized carbons (Fsp3) is 0.304. The summed E-state index contributed by atoms with van der Waals surface area (Å²) < 4.78 is 45.0. The Morgan fingerprint density at radius 3 is 2.31 bits per heavy atom. The number of nitrogens with one attached hydrogen (secondary N) is 1. The molecule has 0 saturated heterocycles. The Hall–Kier alpha value is -3.04. The molecule has 2 aromatic rings. The Morgan fingerprint density at radius 1 is 1.12 bits per heavy atom. The van der Waals surface area contributed by atoms with Crippen molar-refractivity contribution < 1.29 is 27.1 Å². The second-order valence-electron chi connectivity index (χ2n) is 7.02. The van der Waals surface area contributed by atoms with Gasteiger partial charge in [0.15, 0.2) is 6.10 Å². The molecule has 0 aliphatic heterocycles. The Kier molecular flexibility index (Phi) is 8.68. The maximum Gasteiger partial charge on any atom is 0.331 e. The minimum Gasteiger partial charge on any atom is -0.449 e. The molecule has 2 rings (SSSR count). The number of anilines is 1. The Labute approximate surface area is 187 Å². The first-order chi connectivity index (χ1) is 15.1. The van der Waals surface area contributed by atoms with Crippen LogP contribution in [0.5, 0.6) is 0 Å². The van der Waals surface area contributed by atoms with Gasteiger partial charge in [0, 0.05) is 24.9 Å². The van der Waals surface area contributed by atoms with Crippen LogP contribution < -0.4 is 5.32 Å². The molecule has 0 bridgehead atoms. The number of hydrogen-bond acceptors (Lipinski definition) is 5. The van der Waals surface area contributed by atoms with Gasteiger partial charge in [0.1, 0.15) is 5.82 Å². The summed E-state index contributed by atoms with van der Waals surface area (Å²) in [4.78, 5) is 24.3. The third-order valence-corrected chi connectivity index (χ3v) is 6.80. The van der Waals surface area contributed by atoms with Crippen molar-refractivity contribution in [3.63, 3.8) is 0 Å². The van der Waals surface area contributed by atoms with E-state index < -0.39 is 33.8 Å². The van der Waals surface area contributed by atoms with Crippen molar-refractivity contribution in [2.45, 2.75) is 38.7 Å². The van der Waals surface area contributed by atoms with E-state index in [0.29, 0.717) is 24.2 Å². The first kappa shape index (κ1) is 25.2. The summed E-state index contributed by atoms with van der Waals surface area (Å²) in [6.07, 6.45) is 1.50. The van der Waals surface area contributed by atoms with Gasteiger partial charge < -0.3 is 10.1 Å². The van der Waals surface area contributed by atoms with E-state index in [1.807, 2.05) is 0 Å². The standard InChI is InChI=1S/C23H27FN2O5S/c1-5-26(6-2)32(29,30)20-12-8-18(9-13-20)10-14-22(27)31-17(4)23(28)25-19-11-7-16(3)21(24)15-19/h7-15,17H,5-6H2,1-4H3,(H,25,28)/b14-10+. The molecule has 172 valence electrons. The van der Waals surface area contributed by atoms with Crippen molar-refractivity contribution in [3.8, 4) is 0 Å². The number of sulfonamides is 1. The summed E-state index contributed by atoms with van der Waals surface area (Å²) in [5.41, 5.74) is 1.30. The number of carbonyl (C=O) groups is 2. The van der Waals surface area contributed by atoms with E-state index in [2.05, 4.69) is 5.32 Å².